The summed E-state index contributed by atoms with van der Waals surface area (Å²) >= 11 is 0. The summed E-state index contributed by atoms with van der Waals surface area (Å²) in [5, 5.41) is 0. The molecule has 1 aliphatic heterocycles. The van der Waals surface area contributed by atoms with Gasteiger partial charge in [0.15, 0.2) is 0 Å². The van der Waals surface area contributed by atoms with Gasteiger partial charge in [0.1, 0.15) is 7.85 Å². The highest BCUT2D eigenvalue weighted by atomic mass is 16.2. The normalized spacial score (nSPS) is 14.9. The predicted molar refractivity (Wildman–Crippen MR) is 52.4 cm³/mol. The van der Waals surface area contributed by atoms with Crippen molar-refractivity contribution >= 4 is 19.2 Å². The Morgan fingerprint density at radius 2 is 2.15 bits per heavy atom. The summed E-state index contributed by atoms with van der Waals surface area (Å²) in [7, 11) is 7.50. The first-order valence-corrected chi connectivity index (χ1v) is 4.24. The third-order valence-corrected chi connectivity index (χ3v) is 2.41. The number of fused-ring (bicyclic) bond motifs is 1. The molecule has 1 aliphatic rings. The van der Waals surface area contributed by atoms with Gasteiger partial charge >= 0.3 is 0 Å². The number of hydrogen-bond acceptors (Lipinski definition) is 1. The van der Waals surface area contributed by atoms with Crippen molar-refractivity contribution in [2.24, 2.45) is 0 Å². The maximum absolute atomic E-state index is 11.6. The van der Waals surface area contributed by atoms with Gasteiger partial charge in [-0.2, -0.15) is 0 Å². The molecule has 0 aliphatic carbocycles. The Hall–Kier alpha value is -1.25. The molecule has 0 spiro atoms. The number of hydrogen-bond donors (Lipinski definition) is 0. The number of rotatable bonds is 0. The predicted octanol–water partition coefficient (Wildman–Crippen LogP) is 0.374. The van der Waals surface area contributed by atoms with Crippen LogP contribution in [0.2, 0.25) is 0 Å². The van der Waals surface area contributed by atoms with Crippen LogP contribution in [0.15, 0.2) is 12.1 Å². The van der Waals surface area contributed by atoms with Crippen molar-refractivity contribution in [2.45, 2.75) is 13.5 Å². The second-order valence-electron chi connectivity index (χ2n) is 3.53. The van der Waals surface area contributed by atoms with Crippen LogP contribution in [0.5, 0.6) is 0 Å². The second-order valence-corrected chi connectivity index (χ2v) is 3.53. The molecule has 1 amide bonds. The van der Waals surface area contributed by atoms with Crippen LogP contribution in [0.4, 0.5) is 0 Å². The van der Waals surface area contributed by atoms with E-state index in [1.54, 1.807) is 11.9 Å². The van der Waals surface area contributed by atoms with Gasteiger partial charge in [0.25, 0.3) is 5.91 Å². The molecule has 0 fully saturated rings. The van der Waals surface area contributed by atoms with Crippen molar-refractivity contribution in [3.63, 3.8) is 0 Å². The first-order chi connectivity index (χ1) is 6.09. The van der Waals surface area contributed by atoms with Crippen LogP contribution in [0.25, 0.3) is 0 Å². The highest BCUT2D eigenvalue weighted by Gasteiger charge is 2.25. The first kappa shape index (κ1) is 8.36. The van der Waals surface area contributed by atoms with Gasteiger partial charge in [-0.1, -0.05) is 17.6 Å². The zero-order chi connectivity index (χ0) is 9.59. The molecule has 2 radical (unpaired) electrons. The van der Waals surface area contributed by atoms with E-state index in [2.05, 4.69) is 0 Å². The molecule has 0 unspecified atom stereocenters. The van der Waals surface area contributed by atoms with Gasteiger partial charge in [-0.05, 0) is 18.1 Å². The van der Waals surface area contributed by atoms with Gasteiger partial charge in [0, 0.05) is 19.2 Å². The summed E-state index contributed by atoms with van der Waals surface area (Å²) < 4.78 is 0. The molecule has 0 saturated carbocycles. The third kappa shape index (κ3) is 1.15. The van der Waals surface area contributed by atoms with E-state index in [-0.39, 0.29) is 5.91 Å². The van der Waals surface area contributed by atoms with Crippen molar-refractivity contribution in [1.29, 1.82) is 0 Å². The van der Waals surface area contributed by atoms with E-state index in [1.165, 1.54) is 0 Å². The minimum absolute atomic E-state index is 0.104. The van der Waals surface area contributed by atoms with Crippen LogP contribution in [-0.4, -0.2) is 25.7 Å². The van der Waals surface area contributed by atoms with E-state index in [9.17, 15) is 4.79 Å². The third-order valence-electron chi connectivity index (χ3n) is 2.41. The number of nitrogens with zero attached hydrogens (tertiary/aromatic N) is 1. The van der Waals surface area contributed by atoms with Crippen molar-refractivity contribution in [2.75, 3.05) is 7.05 Å². The fourth-order valence-electron chi connectivity index (χ4n) is 1.84. The number of carbonyl (C=O) groups is 1. The summed E-state index contributed by atoms with van der Waals surface area (Å²) in [5.74, 6) is 0.104. The lowest BCUT2D eigenvalue weighted by Gasteiger charge is -2.05. The van der Waals surface area contributed by atoms with Gasteiger partial charge in [0.05, 0.1) is 0 Å². The molecule has 1 aromatic rings. The average Bonchev–Trinajstić information content (AvgIpc) is 2.27. The SMILES string of the molecule is [B]c1cc(C)c2c(c1)CN(C)C2=O. The van der Waals surface area contributed by atoms with E-state index in [0.717, 1.165) is 22.2 Å². The molecular formula is C10H10BNO. The lowest BCUT2D eigenvalue weighted by molar-refractivity contribution is 0.0816. The number of aryl methyl sites for hydroxylation is 1. The molecule has 0 N–H and O–H groups in total. The standard InChI is InChI=1S/C10H10BNO/c1-6-3-8(11)4-7-5-12(2)10(13)9(6)7/h3-4H,5H2,1-2H3. The van der Waals surface area contributed by atoms with E-state index in [4.69, 9.17) is 7.85 Å². The van der Waals surface area contributed by atoms with Gasteiger partial charge in [-0.15, -0.1) is 0 Å². The lowest BCUT2D eigenvalue weighted by atomic mass is 9.90. The van der Waals surface area contributed by atoms with E-state index < -0.39 is 0 Å². The Bertz CT molecular complexity index is 387. The molecule has 2 rings (SSSR count). The van der Waals surface area contributed by atoms with Crippen LogP contribution in [-0.2, 0) is 6.54 Å². The molecular weight excluding hydrogens is 161 g/mol. The lowest BCUT2D eigenvalue weighted by Crippen LogP contribution is -2.18. The minimum Gasteiger partial charge on any atom is -0.337 e. The topological polar surface area (TPSA) is 20.3 Å². The molecule has 13 heavy (non-hydrogen) atoms. The highest BCUT2D eigenvalue weighted by Crippen LogP contribution is 2.22. The Morgan fingerprint density at radius 1 is 1.46 bits per heavy atom. The maximum atomic E-state index is 11.6. The molecule has 2 nitrogen and oxygen atoms in total. The Balaban J connectivity index is 2.64. The summed E-state index contributed by atoms with van der Waals surface area (Å²) in [4.78, 5) is 13.3. The molecule has 1 aromatic carbocycles. The van der Waals surface area contributed by atoms with Crippen molar-refractivity contribution in [1.82, 2.24) is 4.90 Å². The smallest absolute Gasteiger partial charge is 0.254 e. The fraction of sp³-hybridized carbons (Fsp3) is 0.300. The van der Waals surface area contributed by atoms with E-state index in [1.807, 2.05) is 19.1 Å². The minimum atomic E-state index is 0.104. The van der Waals surface area contributed by atoms with Crippen LogP contribution < -0.4 is 5.46 Å². The molecule has 3 heteroatoms. The number of benzene rings is 1. The number of carbonyl (C=O) groups excluding carboxylic acids is 1. The van der Waals surface area contributed by atoms with Crippen molar-refractivity contribution in [3.05, 3.63) is 28.8 Å². The second kappa shape index (κ2) is 2.62. The van der Waals surface area contributed by atoms with Crippen molar-refractivity contribution in [3.8, 4) is 0 Å². The Morgan fingerprint density at radius 3 is 2.85 bits per heavy atom. The zero-order valence-electron chi connectivity index (χ0n) is 7.79. The van der Waals surface area contributed by atoms with Gasteiger partial charge in [-0.25, -0.2) is 0 Å². The number of amides is 1. The molecule has 0 saturated heterocycles. The van der Waals surface area contributed by atoms with Gasteiger partial charge in [0.2, 0.25) is 0 Å². The van der Waals surface area contributed by atoms with Crippen molar-refractivity contribution < 1.29 is 4.79 Å². The molecule has 0 bridgehead atoms. The van der Waals surface area contributed by atoms with Crippen LogP contribution >= 0.6 is 0 Å². The first-order valence-electron chi connectivity index (χ1n) is 4.24. The summed E-state index contributed by atoms with van der Waals surface area (Å²) in [6.07, 6.45) is 0. The summed E-state index contributed by atoms with van der Waals surface area (Å²) in [5.41, 5.74) is 3.59. The molecule has 64 valence electrons. The van der Waals surface area contributed by atoms with Crippen LogP contribution in [0.3, 0.4) is 0 Å². The average molecular weight is 171 g/mol. The molecule has 0 aromatic heterocycles. The quantitative estimate of drug-likeness (QED) is 0.516. The highest BCUT2D eigenvalue weighted by molar-refractivity contribution is 6.32. The molecule has 1 heterocycles. The van der Waals surface area contributed by atoms with Crippen LogP contribution in [0.1, 0.15) is 21.5 Å². The largest absolute Gasteiger partial charge is 0.337 e. The summed E-state index contributed by atoms with van der Waals surface area (Å²) in [6, 6.07) is 3.72. The zero-order valence-corrected chi connectivity index (χ0v) is 7.79. The summed E-state index contributed by atoms with van der Waals surface area (Å²) in [6.45, 7) is 2.60. The van der Waals surface area contributed by atoms with E-state index in [0.29, 0.717) is 6.54 Å². The van der Waals surface area contributed by atoms with E-state index >= 15 is 0 Å². The molecule has 0 atom stereocenters. The van der Waals surface area contributed by atoms with Crippen LogP contribution in [0, 0.1) is 6.92 Å². The van der Waals surface area contributed by atoms with Gasteiger partial charge < -0.3 is 4.90 Å². The Kier molecular flexibility index (Phi) is 1.69. The maximum Gasteiger partial charge on any atom is 0.254 e. The van der Waals surface area contributed by atoms with Gasteiger partial charge in [-0.3, -0.25) is 4.79 Å². The fourth-order valence-corrected chi connectivity index (χ4v) is 1.84. The Labute approximate surface area is 79.0 Å². The monoisotopic (exact) mass is 171 g/mol.